The molecule has 6 aromatic carbocycles. The molecule has 0 saturated heterocycles. The molecule has 0 aliphatic heterocycles. The maximum atomic E-state index is 15.0. The van der Waals surface area contributed by atoms with Gasteiger partial charge in [-0.15, -0.1) is 0 Å². The maximum absolute atomic E-state index is 15.0. The minimum atomic E-state index is -4.85. The SMILES string of the molecule is N#Cc1ccc2c(c1)c1ccccc1n2-c1cc(C(F)(F)F)cc(-n2c3ccccc3c3cc(C#N)ccc32)c1-c1cccc(C(F)(F)F)c1. The summed E-state index contributed by atoms with van der Waals surface area (Å²) in [5, 5.41) is 21.8. The van der Waals surface area contributed by atoms with E-state index in [1.807, 2.05) is 0 Å². The molecule has 0 radical (unpaired) electrons. The predicted molar refractivity (Wildman–Crippen MR) is 180 cm³/mol. The third kappa shape index (κ3) is 4.76. The van der Waals surface area contributed by atoms with E-state index >= 15 is 0 Å². The van der Waals surface area contributed by atoms with Gasteiger partial charge in [0.1, 0.15) is 0 Å². The number of benzene rings is 6. The highest BCUT2D eigenvalue weighted by molar-refractivity contribution is 6.12. The van der Waals surface area contributed by atoms with E-state index in [0.717, 1.165) is 24.3 Å². The average Bonchev–Trinajstić information content (AvgIpc) is 3.62. The average molecular weight is 671 g/mol. The second kappa shape index (κ2) is 11.0. The Hall–Kier alpha value is -6.52. The standard InChI is InChI=1S/C40H20F6N4/c41-39(42,43)26-7-5-6-25(18-26)38-36(49-32-10-3-1-8-28(32)30-16-23(21-47)12-14-34(30)49)19-27(40(44,45)46)20-37(38)50-33-11-4-2-9-29(33)31-17-24(22-48)13-15-35(31)50/h1-20H. The first-order chi connectivity index (χ1) is 24.0. The molecular weight excluding hydrogens is 650 g/mol. The molecule has 0 amide bonds. The van der Waals surface area contributed by atoms with Gasteiger partial charge in [-0.05, 0) is 78.4 Å². The van der Waals surface area contributed by atoms with Gasteiger partial charge in [0.05, 0.1) is 67.8 Å². The van der Waals surface area contributed by atoms with E-state index in [4.69, 9.17) is 0 Å². The first kappa shape index (κ1) is 30.8. The van der Waals surface area contributed by atoms with Crippen LogP contribution in [0.5, 0.6) is 0 Å². The zero-order valence-corrected chi connectivity index (χ0v) is 25.6. The smallest absolute Gasteiger partial charge is 0.309 e. The Labute approximate surface area is 279 Å². The van der Waals surface area contributed by atoms with Crippen LogP contribution in [0.2, 0.25) is 0 Å². The van der Waals surface area contributed by atoms with Crippen molar-refractivity contribution in [3.8, 4) is 34.6 Å². The van der Waals surface area contributed by atoms with Crippen molar-refractivity contribution in [1.82, 2.24) is 9.13 Å². The number of para-hydroxylation sites is 2. The molecule has 4 nitrogen and oxygen atoms in total. The fourth-order valence-corrected chi connectivity index (χ4v) is 6.88. The molecule has 242 valence electrons. The molecule has 0 aliphatic carbocycles. The number of nitriles is 2. The van der Waals surface area contributed by atoms with Crippen molar-refractivity contribution < 1.29 is 26.3 Å². The fraction of sp³-hybridized carbons (Fsp3) is 0.0500. The molecule has 50 heavy (non-hydrogen) atoms. The van der Waals surface area contributed by atoms with Gasteiger partial charge in [-0.25, -0.2) is 0 Å². The van der Waals surface area contributed by atoms with E-state index in [2.05, 4.69) is 12.1 Å². The first-order valence-corrected chi connectivity index (χ1v) is 15.3. The highest BCUT2D eigenvalue weighted by Gasteiger charge is 2.35. The number of hydrogen-bond acceptors (Lipinski definition) is 2. The topological polar surface area (TPSA) is 57.4 Å². The number of alkyl halides is 6. The molecule has 8 aromatic rings. The molecule has 0 aliphatic rings. The number of fused-ring (bicyclic) bond motifs is 6. The Bertz CT molecular complexity index is 2620. The summed E-state index contributed by atoms with van der Waals surface area (Å²) in [5.41, 5.74) is 0.750. The highest BCUT2D eigenvalue weighted by atomic mass is 19.4. The normalized spacial score (nSPS) is 12.2. The molecule has 0 bridgehead atoms. The number of aromatic nitrogens is 2. The summed E-state index contributed by atoms with van der Waals surface area (Å²) in [6, 6.07) is 34.3. The second-order valence-electron chi connectivity index (χ2n) is 11.9. The highest BCUT2D eigenvalue weighted by Crippen LogP contribution is 2.46. The fourth-order valence-electron chi connectivity index (χ4n) is 6.88. The molecule has 8 rings (SSSR count). The predicted octanol–water partition coefficient (Wildman–Crippen LogP) is 11.3. The quantitative estimate of drug-likeness (QED) is 0.176. The van der Waals surface area contributed by atoms with Crippen LogP contribution in [0.25, 0.3) is 66.1 Å². The van der Waals surface area contributed by atoms with Crippen LogP contribution in [-0.2, 0) is 12.4 Å². The van der Waals surface area contributed by atoms with E-state index in [0.29, 0.717) is 54.7 Å². The van der Waals surface area contributed by atoms with E-state index < -0.39 is 23.5 Å². The number of hydrogen-bond donors (Lipinski definition) is 0. The Morgan fingerprint density at radius 3 is 1.36 bits per heavy atom. The van der Waals surface area contributed by atoms with Crippen LogP contribution in [0.4, 0.5) is 26.3 Å². The number of nitrogens with zero attached hydrogens (tertiary/aromatic N) is 4. The summed E-state index contributed by atoms with van der Waals surface area (Å²) >= 11 is 0. The third-order valence-corrected chi connectivity index (χ3v) is 8.99. The summed E-state index contributed by atoms with van der Waals surface area (Å²) in [6.07, 6.45) is -9.58. The van der Waals surface area contributed by atoms with Crippen molar-refractivity contribution in [3.05, 3.63) is 144 Å². The monoisotopic (exact) mass is 670 g/mol. The van der Waals surface area contributed by atoms with Crippen LogP contribution in [0.1, 0.15) is 22.3 Å². The molecular formula is C40H20F6N4. The molecule has 0 unspecified atom stereocenters. The largest absolute Gasteiger partial charge is 0.416 e. The van der Waals surface area contributed by atoms with Crippen molar-refractivity contribution in [2.24, 2.45) is 0 Å². The van der Waals surface area contributed by atoms with E-state index in [1.165, 1.54) is 12.1 Å². The Morgan fingerprint density at radius 2 is 0.900 bits per heavy atom. The first-order valence-electron chi connectivity index (χ1n) is 15.3. The second-order valence-corrected chi connectivity index (χ2v) is 11.9. The van der Waals surface area contributed by atoms with E-state index in [-0.39, 0.29) is 22.5 Å². The number of rotatable bonds is 3. The lowest BCUT2D eigenvalue weighted by Crippen LogP contribution is -2.11. The lowest BCUT2D eigenvalue weighted by atomic mass is 9.96. The van der Waals surface area contributed by atoms with Crippen LogP contribution in [0.3, 0.4) is 0 Å². The molecule has 0 fully saturated rings. The maximum Gasteiger partial charge on any atom is 0.416 e. The van der Waals surface area contributed by atoms with Crippen LogP contribution >= 0.6 is 0 Å². The molecule has 10 heteroatoms. The van der Waals surface area contributed by atoms with Gasteiger partial charge < -0.3 is 9.13 Å². The zero-order chi connectivity index (χ0) is 34.9. The van der Waals surface area contributed by atoms with E-state index in [1.54, 1.807) is 94.1 Å². The van der Waals surface area contributed by atoms with Gasteiger partial charge in [-0.2, -0.15) is 36.9 Å². The van der Waals surface area contributed by atoms with Gasteiger partial charge in [-0.1, -0.05) is 48.5 Å². The molecule has 0 atom stereocenters. The Kier molecular flexibility index (Phi) is 6.78. The molecule has 0 N–H and O–H groups in total. The Morgan fingerprint density at radius 1 is 0.440 bits per heavy atom. The summed E-state index contributed by atoms with van der Waals surface area (Å²) in [5.74, 6) is 0. The minimum absolute atomic E-state index is 0.00960. The summed E-state index contributed by atoms with van der Waals surface area (Å²) in [4.78, 5) is 0. The lowest BCUT2D eigenvalue weighted by Gasteiger charge is -2.23. The summed E-state index contributed by atoms with van der Waals surface area (Å²) in [6.45, 7) is 0. The molecule has 2 heterocycles. The number of halogens is 6. The van der Waals surface area contributed by atoms with Crippen molar-refractivity contribution in [2.45, 2.75) is 12.4 Å². The summed E-state index contributed by atoms with van der Waals surface area (Å²) < 4.78 is 90.9. The van der Waals surface area contributed by atoms with E-state index in [9.17, 15) is 36.9 Å². The van der Waals surface area contributed by atoms with Crippen LogP contribution in [0.15, 0.2) is 121 Å². The zero-order valence-electron chi connectivity index (χ0n) is 25.6. The van der Waals surface area contributed by atoms with Crippen molar-refractivity contribution in [1.29, 1.82) is 10.5 Å². The van der Waals surface area contributed by atoms with Crippen molar-refractivity contribution in [3.63, 3.8) is 0 Å². The summed E-state index contributed by atoms with van der Waals surface area (Å²) in [7, 11) is 0. The molecule has 0 spiro atoms. The van der Waals surface area contributed by atoms with Gasteiger partial charge in [0.2, 0.25) is 0 Å². The Balaban J connectivity index is 1.62. The van der Waals surface area contributed by atoms with Gasteiger partial charge in [0, 0.05) is 27.1 Å². The third-order valence-electron chi connectivity index (χ3n) is 8.99. The van der Waals surface area contributed by atoms with Gasteiger partial charge >= 0.3 is 12.4 Å². The van der Waals surface area contributed by atoms with Crippen molar-refractivity contribution in [2.75, 3.05) is 0 Å². The van der Waals surface area contributed by atoms with Crippen molar-refractivity contribution >= 4 is 43.6 Å². The van der Waals surface area contributed by atoms with Gasteiger partial charge in [0.25, 0.3) is 0 Å². The van der Waals surface area contributed by atoms with Crippen LogP contribution in [-0.4, -0.2) is 9.13 Å². The lowest BCUT2D eigenvalue weighted by molar-refractivity contribution is -0.138. The molecule has 2 aromatic heterocycles. The van der Waals surface area contributed by atoms with Crippen LogP contribution in [0, 0.1) is 22.7 Å². The minimum Gasteiger partial charge on any atom is -0.309 e. The van der Waals surface area contributed by atoms with Gasteiger partial charge in [-0.3, -0.25) is 0 Å². The van der Waals surface area contributed by atoms with Gasteiger partial charge in [0.15, 0.2) is 0 Å². The van der Waals surface area contributed by atoms with Crippen LogP contribution < -0.4 is 0 Å². The molecule has 0 saturated carbocycles.